The number of hydrogen-bond acceptors (Lipinski definition) is 6. The van der Waals surface area contributed by atoms with Crippen LogP contribution in [0.2, 0.25) is 5.02 Å². The summed E-state index contributed by atoms with van der Waals surface area (Å²) in [7, 11) is 0. The van der Waals surface area contributed by atoms with E-state index in [1.54, 1.807) is 0 Å². The number of halogens is 3. The Labute approximate surface area is 167 Å². The number of carbonyl (C=O) groups excluding carboxylic acids is 3. The minimum absolute atomic E-state index is 0.320. The minimum atomic E-state index is -1.10. The molecule has 0 bridgehead atoms. The molecule has 1 saturated heterocycles. The molecule has 2 aromatic carbocycles. The lowest BCUT2D eigenvalue weighted by Crippen LogP contribution is -2.43. The van der Waals surface area contributed by atoms with E-state index in [0.717, 1.165) is 28.1 Å². The molecule has 29 heavy (non-hydrogen) atoms. The SMILES string of the molecule is O=C(CN1N=N[C@@H]2C(=O)N(c3ccc(Cl)cc3)C(=O)[C@H]21)Nc1cc(F)ccc1F. The topological polar surface area (TPSA) is 94.4 Å². The fraction of sp³-hybridized carbons (Fsp3) is 0.167. The Hall–Kier alpha value is -3.40. The van der Waals surface area contributed by atoms with Gasteiger partial charge in [-0.05, 0) is 36.4 Å². The zero-order valence-electron chi connectivity index (χ0n) is 14.6. The lowest BCUT2D eigenvalue weighted by Gasteiger charge is -2.20. The van der Waals surface area contributed by atoms with Crippen molar-refractivity contribution in [3.63, 3.8) is 0 Å². The number of nitrogens with one attached hydrogen (secondary N) is 1. The summed E-state index contributed by atoms with van der Waals surface area (Å²) in [4.78, 5) is 38.6. The molecular formula is C18H12ClF2N5O3. The van der Waals surface area contributed by atoms with Crippen molar-refractivity contribution in [2.75, 3.05) is 16.8 Å². The summed E-state index contributed by atoms with van der Waals surface area (Å²) in [6.45, 7) is -0.478. The molecular weight excluding hydrogens is 408 g/mol. The van der Waals surface area contributed by atoms with Crippen LogP contribution >= 0.6 is 11.6 Å². The average molecular weight is 420 g/mol. The monoisotopic (exact) mass is 419 g/mol. The number of imide groups is 1. The predicted molar refractivity (Wildman–Crippen MR) is 98.1 cm³/mol. The second-order valence-electron chi connectivity index (χ2n) is 6.35. The number of fused-ring (bicyclic) bond motifs is 1. The number of amides is 3. The van der Waals surface area contributed by atoms with Crippen molar-refractivity contribution in [2.45, 2.75) is 12.1 Å². The molecule has 0 saturated carbocycles. The Balaban J connectivity index is 1.49. The van der Waals surface area contributed by atoms with E-state index >= 15 is 0 Å². The molecule has 2 atom stereocenters. The largest absolute Gasteiger partial charge is 0.322 e. The van der Waals surface area contributed by atoms with Crippen LogP contribution in [-0.2, 0) is 14.4 Å². The van der Waals surface area contributed by atoms with Crippen LogP contribution in [0, 0.1) is 11.6 Å². The molecule has 2 aromatic rings. The van der Waals surface area contributed by atoms with Gasteiger partial charge in [0.25, 0.3) is 11.8 Å². The van der Waals surface area contributed by atoms with Crippen molar-refractivity contribution in [2.24, 2.45) is 10.3 Å². The van der Waals surface area contributed by atoms with Crippen molar-refractivity contribution in [3.8, 4) is 0 Å². The van der Waals surface area contributed by atoms with Gasteiger partial charge in [0.15, 0.2) is 12.1 Å². The maximum atomic E-state index is 13.7. The van der Waals surface area contributed by atoms with Crippen molar-refractivity contribution in [1.29, 1.82) is 0 Å². The molecule has 2 heterocycles. The van der Waals surface area contributed by atoms with Gasteiger partial charge in [-0.25, -0.2) is 13.7 Å². The first kappa shape index (κ1) is 18.9. The van der Waals surface area contributed by atoms with E-state index in [0.29, 0.717) is 10.7 Å². The molecule has 1 N–H and O–H groups in total. The van der Waals surface area contributed by atoms with Gasteiger partial charge in [-0.1, -0.05) is 16.8 Å². The van der Waals surface area contributed by atoms with Crippen LogP contribution in [0.4, 0.5) is 20.2 Å². The third kappa shape index (κ3) is 3.42. The van der Waals surface area contributed by atoms with Gasteiger partial charge in [0.2, 0.25) is 5.91 Å². The van der Waals surface area contributed by atoms with E-state index in [4.69, 9.17) is 11.6 Å². The lowest BCUT2D eigenvalue weighted by molar-refractivity contribution is -0.123. The molecule has 2 aliphatic heterocycles. The minimum Gasteiger partial charge on any atom is -0.322 e. The summed E-state index contributed by atoms with van der Waals surface area (Å²) in [5.41, 5.74) is -0.0282. The average Bonchev–Trinajstić information content (AvgIpc) is 3.19. The third-order valence-corrected chi connectivity index (χ3v) is 4.70. The second-order valence-corrected chi connectivity index (χ2v) is 6.79. The Morgan fingerprint density at radius 2 is 1.83 bits per heavy atom. The summed E-state index contributed by atoms with van der Waals surface area (Å²) < 4.78 is 26.9. The molecule has 148 valence electrons. The summed E-state index contributed by atoms with van der Waals surface area (Å²) >= 11 is 5.83. The van der Waals surface area contributed by atoms with Gasteiger partial charge in [-0.3, -0.25) is 19.4 Å². The smallest absolute Gasteiger partial charge is 0.263 e. The summed E-state index contributed by atoms with van der Waals surface area (Å²) in [6.07, 6.45) is 0. The number of carbonyl (C=O) groups is 3. The van der Waals surface area contributed by atoms with Crippen LogP contribution in [0.1, 0.15) is 0 Å². The summed E-state index contributed by atoms with van der Waals surface area (Å²) in [5.74, 6) is -3.47. The molecule has 3 amide bonds. The first-order chi connectivity index (χ1) is 13.8. The van der Waals surface area contributed by atoms with E-state index in [1.165, 1.54) is 24.3 Å². The molecule has 2 aliphatic rings. The second kappa shape index (κ2) is 7.21. The fourth-order valence-electron chi connectivity index (χ4n) is 3.13. The van der Waals surface area contributed by atoms with Crippen LogP contribution in [-0.4, -0.2) is 41.4 Å². The molecule has 8 nitrogen and oxygen atoms in total. The predicted octanol–water partition coefficient (Wildman–Crippen LogP) is 2.55. The highest BCUT2D eigenvalue weighted by molar-refractivity contribution is 6.31. The molecule has 0 radical (unpaired) electrons. The Bertz CT molecular complexity index is 1050. The molecule has 1 fully saturated rings. The van der Waals surface area contributed by atoms with Gasteiger partial charge in [0.1, 0.15) is 18.2 Å². The van der Waals surface area contributed by atoms with Gasteiger partial charge >= 0.3 is 0 Å². The number of rotatable bonds is 4. The zero-order chi connectivity index (χ0) is 20.7. The third-order valence-electron chi connectivity index (χ3n) is 4.45. The first-order valence-corrected chi connectivity index (χ1v) is 8.78. The zero-order valence-corrected chi connectivity index (χ0v) is 15.3. The highest BCUT2D eigenvalue weighted by atomic mass is 35.5. The molecule has 0 aliphatic carbocycles. The fourth-order valence-corrected chi connectivity index (χ4v) is 3.25. The quantitative estimate of drug-likeness (QED) is 0.770. The van der Waals surface area contributed by atoms with Crippen molar-refractivity contribution in [3.05, 3.63) is 59.1 Å². The highest BCUT2D eigenvalue weighted by Gasteiger charge is 2.55. The van der Waals surface area contributed by atoms with Gasteiger partial charge in [0.05, 0.1) is 11.4 Å². The summed E-state index contributed by atoms with van der Waals surface area (Å²) in [5, 5.41) is 11.2. The van der Waals surface area contributed by atoms with Crippen LogP contribution in [0.3, 0.4) is 0 Å². The van der Waals surface area contributed by atoms with E-state index < -0.39 is 48.0 Å². The maximum Gasteiger partial charge on any atom is 0.263 e. The van der Waals surface area contributed by atoms with Gasteiger partial charge in [0, 0.05) is 11.1 Å². The van der Waals surface area contributed by atoms with Crippen molar-refractivity contribution in [1.82, 2.24) is 5.01 Å². The Morgan fingerprint density at radius 1 is 1.10 bits per heavy atom. The van der Waals surface area contributed by atoms with Crippen molar-refractivity contribution >= 4 is 40.7 Å². The van der Waals surface area contributed by atoms with E-state index in [-0.39, 0.29) is 5.69 Å². The van der Waals surface area contributed by atoms with Crippen LogP contribution in [0.25, 0.3) is 0 Å². The van der Waals surface area contributed by atoms with Crippen LogP contribution in [0.15, 0.2) is 52.8 Å². The lowest BCUT2D eigenvalue weighted by atomic mass is 10.1. The van der Waals surface area contributed by atoms with Crippen LogP contribution in [0.5, 0.6) is 0 Å². The Morgan fingerprint density at radius 3 is 2.55 bits per heavy atom. The summed E-state index contributed by atoms with van der Waals surface area (Å²) in [6, 6.07) is 6.53. The number of hydrogen-bond donors (Lipinski definition) is 1. The van der Waals surface area contributed by atoms with Gasteiger partial charge in [-0.2, -0.15) is 5.11 Å². The Kier molecular flexibility index (Phi) is 4.71. The van der Waals surface area contributed by atoms with Crippen LogP contribution < -0.4 is 10.2 Å². The molecule has 0 aromatic heterocycles. The number of nitrogens with zero attached hydrogens (tertiary/aromatic N) is 4. The highest BCUT2D eigenvalue weighted by Crippen LogP contribution is 2.32. The van der Waals surface area contributed by atoms with E-state index in [1.807, 2.05) is 0 Å². The standard InChI is InChI=1S/C18H12ClF2N5O3/c19-9-1-4-11(5-2-9)26-17(28)15-16(18(26)29)25(24-23-15)8-14(27)22-13-7-10(20)3-6-12(13)21/h1-7,15-16H,8H2,(H,22,27)/t15-,16-/m0/s1. The molecule has 0 unspecified atom stereocenters. The van der Waals surface area contributed by atoms with E-state index in [9.17, 15) is 23.2 Å². The molecule has 4 rings (SSSR count). The molecule has 0 spiro atoms. The maximum absolute atomic E-state index is 13.7. The number of anilines is 2. The van der Waals surface area contributed by atoms with Crippen molar-refractivity contribution < 1.29 is 23.2 Å². The van der Waals surface area contributed by atoms with Gasteiger partial charge in [-0.15, -0.1) is 0 Å². The van der Waals surface area contributed by atoms with Gasteiger partial charge < -0.3 is 5.32 Å². The normalized spacial score (nSPS) is 20.4. The van der Waals surface area contributed by atoms with E-state index in [2.05, 4.69) is 15.7 Å². The molecule has 11 heteroatoms. The number of benzene rings is 2. The first-order valence-electron chi connectivity index (χ1n) is 8.41.